The molecule has 58 heavy (non-hydrogen) atoms. The minimum atomic E-state index is -0.463. The molecule has 0 N–H and O–H groups in total. The van der Waals surface area contributed by atoms with Gasteiger partial charge in [-0.1, -0.05) is 146 Å². The molecule has 0 saturated carbocycles. The van der Waals surface area contributed by atoms with Gasteiger partial charge in [0, 0.05) is 38.6 Å². The summed E-state index contributed by atoms with van der Waals surface area (Å²) in [5, 5.41) is 4.45. The minimum absolute atomic E-state index is 0.463. The number of fused-ring (bicyclic) bond motifs is 9. The van der Waals surface area contributed by atoms with E-state index in [2.05, 4.69) is 193 Å². The lowest BCUT2D eigenvalue weighted by Gasteiger charge is -2.34. The molecule has 11 aromatic rings. The molecule has 0 amide bonds. The third-order valence-electron chi connectivity index (χ3n) is 12.2. The summed E-state index contributed by atoms with van der Waals surface area (Å²) in [6, 6.07) is 76.5. The number of rotatable bonds is 6. The van der Waals surface area contributed by atoms with E-state index in [0.29, 0.717) is 0 Å². The van der Waals surface area contributed by atoms with Crippen LogP contribution in [-0.4, -0.2) is 0 Å². The average molecular weight is 742 g/mol. The molecular weight excluding hydrogens is 707 g/mol. The molecule has 272 valence electrons. The average Bonchev–Trinajstić information content (AvgIpc) is 3.95. The van der Waals surface area contributed by atoms with Crippen LogP contribution in [0.25, 0.3) is 66.1 Å². The van der Waals surface area contributed by atoms with Gasteiger partial charge in [-0.25, -0.2) is 0 Å². The van der Waals surface area contributed by atoms with Crippen LogP contribution in [-0.2, 0) is 5.41 Å². The van der Waals surface area contributed by atoms with Gasteiger partial charge < -0.3 is 13.7 Å². The first-order chi connectivity index (χ1) is 28.7. The summed E-state index contributed by atoms with van der Waals surface area (Å²) in [6.07, 6.45) is 0. The Kier molecular flexibility index (Phi) is 7.14. The van der Waals surface area contributed by atoms with Crippen LogP contribution in [0.1, 0.15) is 22.3 Å². The van der Waals surface area contributed by atoms with Crippen molar-refractivity contribution in [3.8, 4) is 22.3 Å². The van der Waals surface area contributed by atoms with Crippen molar-refractivity contribution in [1.29, 1.82) is 0 Å². The maximum absolute atomic E-state index is 6.30. The Morgan fingerprint density at radius 2 is 0.793 bits per heavy atom. The molecule has 0 atom stereocenters. The molecule has 9 aromatic carbocycles. The van der Waals surface area contributed by atoms with Crippen LogP contribution in [0.15, 0.2) is 221 Å². The van der Waals surface area contributed by atoms with E-state index >= 15 is 0 Å². The molecule has 1 aliphatic rings. The first kappa shape index (κ1) is 32.6. The van der Waals surface area contributed by atoms with E-state index in [4.69, 9.17) is 8.83 Å². The molecule has 0 unspecified atom stereocenters. The van der Waals surface area contributed by atoms with Gasteiger partial charge in [0.15, 0.2) is 0 Å². The number of furan rings is 2. The quantitative estimate of drug-likeness (QED) is 0.170. The number of anilines is 3. The number of hydrogen-bond acceptors (Lipinski definition) is 3. The molecule has 3 nitrogen and oxygen atoms in total. The Labute approximate surface area is 335 Å². The molecule has 12 rings (SSSR count). The zero-order chi connectivity index (χ0) is 38.2. The predicted molar refractivity (Wildman–Crippen MR) is 238 cm³/mol. The molecule has 2 heterocycles. The van der Waals surface area contributed by atoms with Gasteiger partial charge in [0.25, 0.3) is 0 Å². The summed E-state index contributed by atoms with van der Waals surface area (Å²) in [5.74, 6) is 0. The first-order valence-corrected chi connectivity index (χ1v) is 19.8. The van der Waals surface area contributed by atoms with Crippen LogP contribution in [0.4, 0.5) is 17.1 Å². The Morgan fingerprint density at radius 3 is 1.48 bits per heavy atom. The van der Waals surface area contributed by atoms with Gasteiger partial charge in [0.1, 0.15) is 22.3 Å². The van der Waals surface area contributed by atoms with E-state index in [1.54, 1.807) is 0 Å². The smallest absolute Gasteiger partial charge is 0.135 e. The second-order valence-electron chi connectivity index (χ2n) is 15.2. The van der Waals surface area contributed by atoms with Crippen LogP contribution in [0.5, 0.6) is 0 Å². The fourth-order valence-electron chi connectivity index (χ4n) is 9.59. The van der Waals surface area contributed by atoms with Gasteiger partial charge in [0.05, 0.1) is 5.41 Å². The van der Waals surface area contributed by atoms with Crippen LogP contribution in [0.3, 0.4) is 0 Å². The lowest BCUT2D eigenvalue weighted by Crippen LogP contribution is -2.28. The standard InChI is InChI=1S/C55H35NO2/c1-3-13-38(14-4-1)55(39-15-5-2-6-16-39)49-20-10-7-17-43(49)46-34-41(28-30-50(46)55)56(42-29-32-54-48(35-42)45-19-9-12-22-52(45)58-54)40-26-23-36(24-27-40)37-25-31-53-47(33-37)44-18-8-11-21-51(44)57-53/h1-35H. The summed E-state index contributed by atoms with van der Waals surface area (Å²) >= 11 is 0. The highest BCUT2D eigenvalue weighted by atomic mass is 16.3. The first-order valence-electron chi connectivity index (χ1n) is 19.8. The van der Waals surface area contributed by atoms with Gasteiger partial charge >= 0.3 is 0 Å². The van der Waals surface area contributed by atoms with Crippen molar-refractivity contribution in [3.63, 3.8) is 0 Å². The predicted octanol–water partition coefficient (Wildman–Crippen LogP) is 15.0. The van der Waals surface area contributed by atoms with Crippen molar-refractivity contribution >= 4 is 60.9 Å². The van der Waals surface area contributed by atoms with E-state index in [1.165, 1.54) is 33.4 Å². The number of para-hydroxylation sites is 2. The number of hydrogen-bond donors (Lipinski definition) is 0. The molecule has 0 fully saturated rings. The van der Waals surface area contributed by atoms with Crippen LogP contribution >= 0.6 is 0 Å². The summed E-state index contributed by atoms with van der Waals surface area (Å²) in [7, 11) is 0. The molecule has 0 radical (unpaired) electrons. The maximum atomic E-state index is 6.30. The number of nitrogens with zero attached hydrogens (tertiary/aromatic N) is 1. The van der Waals surface area contributed by atoms with E-state index in [1.807, 2.05) is 24.3 Å². The van der Waals surface area contributed by atoms with E-state index in [-0.39, 0.29) is 0 Å². The van der Waals surface area contributed by atoms with Crippen molar-refractivity contribution < 1.29 is 8.83 Å². The highest BCUT2D eigenvalue weighted by Gasteiger charge is 2.46. The third kappa shape index (κ3) is 4.80. The van der Waals surface area contributed by atoms with Crippen LogP contribution < -0.4 is 4.90 Å². The summed E-state index contributed by atoms with van der Waals surface area (Å²) in [5.41, 5.74) is 16.2. The molecule has 2 aromatic heterocycles. The van der Waals surface area contributed by atoms with Crippen molar-refractivity contribution in [2.75, 3.05) is 4.90 Å². The van der Waals surface area contributed by atoms with Crippen LogP contribution in [0.2, 0.25) is 0 Å². The monoisotopic (exact) mass is 741 g/mol. The van der Waals surface area contributed by atoms with Gasteiger partial charge in [0.2, 0.25) is 0 Å². The Hall–Kier alpha value is -7.62. The van der Waals surface area contributed by atoms with E-state index in [0.717, 1.165) is 72.1 Å². The largest absolute Gasteiger partial charge is 0.456 e. The molecule has 0 bridgehead atoms. The zero-order valence-corrected chi connectivity index (χ0v) is 31.5. The topological polar surface area (TPSA) is 29.5 Å². The lowest BCUT2D eigenvalue weighted by molar-refractivity contribution is 0.668. The molecule has 0 saturated heterocycles. The second kappa shape index (κ2) is 12.7. The Morgan fingerprint density at radius 1 is 0.310 bits per heavy atom. The van der Waals surface area contributed by atoms with Crippen molar-refractivity contribution in [2.45, 2.75) is 5.41 Å². The van der Waals surface area contributed by atoms with Gasteiger partial charge in [-0.3, -0.25) is 0 Å². The molecular formula is C55H35NO2. The molecule has 0 spiro atoms. The maximum Gasteiger partial charge on any atom is 0.135 e. The van der Waals surface area contributed by atoms with Crippen molar-refractivity contribution in [1.82, 2.24) is 0 Å². The minimum Gasteiger partial charge on any atom is -0.456 e. The lowest BCUT2D eigenvalue weighted by atomic mass is 9.68. The fourth-order valence-corrected chi connectivity index (χ4v) is 9.59. The summed E-state index contributed by atoms with van der Waals surface area (Å²) < 4.78 is 12.4. The fraction of sp³-hybridized carbons (Fsp3) is 0.0182. The van der Waals surface area contributed by atoms with E-state index in [9.17, 15) is 0 Å². The van der Waals surface area contributed by atoms with Gasteiger partial charge in [-0.05, 0) is 111 Å². The van der Waals surface area contributed by atoms with E-state index < -0.39 is 5.41 Å². The van der Waals surface area contributed by atoms with Gasteiger partial charge in [-0.15, -0.1) is 0 Å². The highest BCUT2D eigenvalue weighted by molar-refractivity contribution is 6.07. The normalized spacial score (nSPS) is 13.0. The second-order valence-corrected chi connectivity index (χ2v) is 15.2. The van der Waals surface area contributed by atoms with Crippen molar-refractivity contribution in [3.05, 3.63) is 235 Å². The summed E-state index contributed by atoms with van der Waals surface area (Å²) in [4.78, 5) is 2.38. The van der Waals surface area contributed by atoms with Crippen LogP contribution in [0, 0.1) is 0 Å². The number of benzene rings is 9. The summed E-state index contributed by atoms with van der Waals surface area (Å²) in [6.45, 7) is 0. The molecule has 3 heteroatoms. The van der Waals surface area contributed by atoms with Gasteiger partial charge in [-0.2, -0.15) is 0 Å². The highest BCUT2D eigenvalue weighted by Crippen LogP contribution is 2.57. The SMILES string of the molecule is c1ccc(C2(c3ccccc3)c3ccccc3-c3cc(N(c4ccc(-c5ccc6oc7ccccc7c6c5)cc4)c4ccc5oc6ccccc6c5c4)ccc32)cc1. The molecule has 1 aliphatic carbocycles. The molecule has 0 aliphatic heterocycles. The zero-order valence-electron chi connectivity index (χ0n) is 31.5. The Bertz CT molecular complexity index is 3300. The Balaban J connectivity index is 1.05. The van der Waals surface area contributed by atoms with Crippen molar-refractivity contribution in [2.24, 2.45) is 0 Å². The third-order valence-corrected chi connectivity index (χ3v) is 12.2.